The fraction of sp³-hybridized carbons (Fsp3) is 0.400. The quantitative estimate of drug-likeness (QED) is 0.798. The second-order valence-corrected chi connectivity index (χ2v) is 7.53. The van der Waals surface area contributed by atoms with Crippen LogP contribution in [0.1, 0.15) is 40.9 Å². The van der Waals surface area contributed by atoms with Gasteiger partial charge in [0.1, 0.15) is 5.75 Å². The molecule has 5 heteroatoms. The third-order valence-electron chi connectivity index (χ3n) is 4.76. The van der Waals surface area contributed by atoms with E-state index in [2.05, 4.69) is 11.4 Å². The summed E-state index contributed by atoms with van der Waals surface area (Å²) in [7, 11) is 0. The Bertz CT molecular complexity index is 701. The number of aromatic hydroxyl groups is 1. The van der Waals surface area contributed by atoms with E-state index >= 15 is 0 Å². The predicted molar refractivity (Wildman–Crippen MR) is 99.0 cm³/mol. The molecule has 1 amide bonds. The van der Waals surface area contributed by atoms with Gasteiger partial charge in [-0.15, -0.1) is 11.3 Å². The van der Waals surface area contributed by atoms with Crippen LogP contribution in [-0.2, 0) is 11.2 Å². The van der Waals surface area contributed by atoms with Crippen molar-refractivity contribution in [2.75, 3.05) is 13.1 Å². The van der Waals surface area contributed by atoms with Crippen LogP contribution in [-0.4, -0.2) is 34.8 Å². The summed E-state index contributed by atoms with van der Waals surface area (Å²) in [5.41, 5.74) is 0.638. The van der Waals surface area contributed by atoms with E-state index in [1.54, 1.807) is 35.6 Å². The highest BCUT2D eigenvalue weighted by Gasteiger charge is 2.27. The van der Waals surface area contributed by atoms with Crippen molar-refractivity contribution in [1.82, 2.24) is 4.90 Å². The van der Waals surface area contributed by atoms with Crippen LogP contribution in [0.3, 0.4) is 0 Å². The Morgan fingerprint density at radius 3 is 2.48 bits per heavy atom. The minimum Gasteiger partial charge on any atom is -0.508 e. The van der Waals surface area contributed by atoms with Gasteiger partial charge in [-0.3, -0.25) is 9.59 Å². The number of likely N-dealkylation sites (tertiary alicyclic amines) is 1. The summed E-state index contributed by atoms with van der Waals surface area (Å²) in [6.07, 6.45) is 3.85. The predicted octanol–water partition coefficient (Wildman–Crippen LogP) is 3.90. The standard InChI is InChI=1S/C20H23NO3S/c22-17-8-6-15(7-9-17)20(24)16-10-12-21(13-11-16)19(23)5-1-3-18-4-2-14-25-18/h2,4,6-9,14,16,22H,1,3,5,10-13H2. The molecule has 0 saturated carbocycles. The molecule has 0 radical (unpaired) electrons. The molecular weight excluding hydrogens is 334 g/mol. The Morgan fingerprint density at radius 2 is 1.84 bits per heavy atom. The number of aryl methyl sites for hydroxylation is 1. The van der Waals surface area contributed by atoms with Crippen molar-refractivity contribution in [2.45, 2.75) is 32.1 Å². The molecule has 1 saturated heterocycles. The minimum atomic E-state index is -0.0280. The van der Waals surface area contributed by atoms with Crippen LogP contribution < -0.4 is 0 Å². The number of amides is 1. The van der Waals surface area contributed by atoms with Crippen molar-refractivity contribution < 1.29 is 14.7 Å². The number of benzene rings is 1. The maximum Gasteiger partial charge on any atom is 0.222 e. The maximum absolute atomic E-state index is 12.5. The van der Waals surface area contributed by atoms with Crippen molar-refractivity contribution in [3.63, 3.8) is 0 Å². The van der Waals surface area contributed by atoms with E-state index in [1.807, 2.05) is 11.0 Å². The Balaban J connectivity index is 1.43. The topological polar surface area (TPSA) is 57.6 Å². The van der Waals surface area contributed by atoms with Crippen molar-refractivity contribution in [1.29, 1.82) is 0 Å². The number of hydrogen-bond acceptors (Lipinski definition) is 4. The Morgan fingerprint density at radius 1 is 1.12 bits per heavy atom. The summed E-state index contributed by atoms with van der Waals surface area (Å²) < 4.78 is 0. The Kier molecular flexibility index (Phi) is 5.87. The lowest BCUT2D eigenvalue weighted by Crippen LogP contribution is -2.40. The van der Waals surface area contributed by atoms with Gasteiger partial charge < -0.3 is 10.0 Å². The lowest BCUT2D eigenvalue weighted by molar-refractivity contribution is -0.132. The van der Waals surface area contributed by atoms with E-state index in [4.69, 9.17) is 0 Å². The molecule has 0 spiro atoms. The number of hydrogen-bond donors (Lipinski definition) is 1. The zero-order valence-corrected chi connectivity index (χ0v) is 15.0. The van der Waals surface area contributed by atoms with Crippen LogP contribution in [0.4, 0.5) is 0 Å². The fourth-order valence-corrected chi connectivity index (χ4v) is 4.03. The average molecular weight is 357 g/mol. The number of carbonyl (C=O) groups is 2. The van der Waals surface area contributed by atoms with Crippen LogP contribution in [0.25, 0.3) is 0 Å². The van der Waals surface area contributed by atoms with Crippen LogP contribution >= 0.6 is 11.3 Å². The van der Waals surface area contributed by atoms with Crippen molar-refractivity contribution in [2.24, 2.45) is 5.92 Å². The molecule has 1 aliphatic rings. The number of rotatable bonds is 6. The molecule has 0 bridgehead atoms. The van der Waals surface area contributed by atoms with E-state index in [0.29, 0.717) is 25.1 Å². The normalized spacial score (nSPS) is 15.3. The number of ketones is 1. The number of thiophene rings is 1. The molecule has 2 aromatic rings. The zero-order valence-electron chi connectivity index (χ0n) is 14.2. The average Bonchev–Trinajstić information content (AvgIpc) is 3.15. The summed E-state index contributed by atoms with van der Waals surface area (Å²) in [5.74, 6) is 0.455. The van der Waals surface area contributed by atoms with Gasteiger partial charge in [-0.2, -0.15) is 0 Å². The van der Waals surface area contributed by atoms with E-state index in [9.17, 15) is 14.7 Å². The molecule has 3 rings (SSSR count). The smallest absolute Gasteiger partial charge is 0.222 e. The van der Waals surface area contributed by atoms with Gasteiger partial charge in [-0.25, -0.2) is 0 Å². The summed E-state index contributed by atoms with van der Waals surface area (Å²) in [4.78, 5) is 28.1. The van der Waals surface area contributed by atoms with Crippen LogP contribution in [0.15, 0.2) is 41.8 Å². The number of phenols is 1. The van der Waals surface area contributed by atoms with E-state index in [1.165, 1.54) is 4.88 Å². The first-order chi connectivity index (χ1) is 12.1. The Hall–Kier alpha value is -2.14. The second-order valence-electron chi connectivity index (χ2n) is 6.50. The maximum atomic E-state index is 12.5. The molecule has 1 N–H and O–H groups in total. The van der Waals surface area contributed by atoms with Crippen molar-refractivity contribution in [3.05, 3.63) is 52.2 Å². The first kappa shape index (κ1) is 17.7. The van der Waals surface area contributed by atoms with E-state index < -0.39 is 0 Å². The molecule has 25 heavy (non-hydrogen) atoms. The third-order valence-corrected chi connectivity index (χ3v) is 5.70. The first-order valence-corrected chi connectivity index (χ1v) is 9.65. The first-order valence-electron chi connectivity index (χ1n) is 8.77. The van der Waals surface area contributed by atoms with E-state index in [-0.39, 0.29) is 23.4 Å². The summed E-state index contributed by atoms with van der Waals surface area (Å²) >= 11 is 1.73. The second kappa shape index (κ2) is 8.30. The number of carbonyl (C=O) groups excluding carboxylic acids is 2. The summed E-state index contributed by atoms with van der Waals surface area (Å²) in [6, 6.07) is 10.6. The van der Waals surface area contributed by atoms with Gasteiger partial charge in [0, 0.05) is 35.9 Å². The molecular formula is C20H23NO3S. The van der Waals surface area contributed by atoms with Crippen LogP contribution in [0, 0.1) is 5.92 Å². The van der Waals surface area contributed by atoms with Gasteiger partial charge in [0.15, 0.2) is 5.78 Å². The lowest BCUT2D eigenvalue weighted by Gasteiger charge is -2.31. The highest BCUT2D eigenvalue weighted by Crippen LogP contribution is 2.23. The number of Topliss-reactive ketones (excluding diaryl/α,β-unsaturated/α-hetero) is 1. The molecule has 132 valence electrons. The molecule has 1 aromatic carbocycles. The highest BCUT2D eigenvalue weighted by atomic mass is 32.1. The van der Waals surface area contributed by atoms with E-state index in [0.717, 1.165) is 25.7 Å². The summed E-state index contributed by atoms with van der Waals surface area (Å²) in [6.45, 7) is 1.32. The van der Waals surface area contributed by atoms with Crippen molar-refractivity contribution in [3.8, 4) is 5.75 Å². The zero-order chi connectivity index (χ0) is 17.6. The molecule has 0 atom stereocenters. The molecule has 1 aliphatic heterocycles. The Labute approximate surface area is 152 Å². The van der Waals surface area contributed by atoms with Crippen molar-refractivity contribution >= 4 is 23.0 Å². The summed E-state index contributed by atoms with van der Waals surface area (Å²) in [5, 5.41) is 11.4. The van der Waals surface area contributed by atoms with Gasteiger partial charge in [-0.1, -0.05) is 6.07 Å². The lowest BCUT2D eigenvalue weighted by atomic mass is 9.88. The van der Waals surface area contributed by atoms with Gasteiger partial charge in [0.25, 0.3) is 0 Å². The molecule has 1 fully saturated rings. The van der Waals surface area contributed by atoms with Gasteiger partial charge in [0.2, 0.25) is 5.91 Å². The monoisotopic (exact) mass is 357 g/mol. The number of nitrogens with zero attached hydrogens (tertiary/aromatic N) is 1. The fourth-order valence-electron chi connectivity index (χ4n) is 3.28. The number of phenolic OH excluding ortho intramolecular Hbond substituents is 1. The van der Waals surface area contributed by atoms with Crippen LogP contribution in [0.2, 0.25) is 0 Å². The van der Waals surface area contributed by atoms with Gasteiger partial charge in [0.05, 0.1) is 0 Å². The van der Waals surface area contributed by atoms with Crippen LogP contribution in [0.5, 0.6) is 5.75 Å². The SMILES string of the molecule is O=C(c1ccc(O)cc1)C1CCN(C(=O)CCCc2cccs2)CC1. The van der Waals surface area contributed by atoms with Gasteiger partial charge >= 0.3 is 0 Å². The minimum absolute atomic E-state index is 0.0280. The molecule has 0 aliphatic carbocycles. The van der Waals surface area contributed by atoms with Gasteiger partial charge in [-0.05, 0) is 61.4 Å². The largest absolute Gasteiger partial charge is 0.508 e. The highest BCUT2D eigenvalue weighted by molar-refractivity contribution is 7.09. The third kappa shape index (κ3) is 4.69. The molecule has 4 nitrogen and oxygen atoms in total. The molecule has 2 heterocycles. The number of piperidine rings is 1. The molecule has 1 aromatic heterocycles. The molecule has 0 unspecified atom stereocenters.